The summed E-state index contributed by atoms with van der Waals surface area (Å²) in [6.07, 6.45) is 2.16. The molecule has 0 radical (unpaired) electrons. The molecule has 8 nitrogen and oxygen atoms in total. The summed E-state index contributed by atoms with van der Waals surface area (Å²) in [4.78, 5) is 20.2. The molecule has 2 aromatic rings. The van der Waals surface area contributed by atoms with Crippen LogP contribution in [0.4, 0.5) is 5.69 Å². The highest BCUT2D eigenvalue weighted by atomic mass is 79.9. The van der Waals surface area contributed by atoms with E-state index < -0.39 is 9.85 Å². The number of ether oxygens (including phenoxy) is 2. The summed E-state index contributed by atoms with van der Waals surface area (Å²) in [5.41, 5.74) is 1.16. The monoisotopic (exact) mass is 408 g/mol. The molecular formula is C16H13BrN2O6. The Morgan fingerprint density at radius 2 is 1.96 bits per heavy atom. The maximum atomic E-state index is 10.8. The molecule has 0 atom stereocenters. The van der Waals surface area contributed by atoms with Crippen molar-refractivity contribution >= 4 is 27.7 Å². The van der Waals surface area contributed by atoms with Crippen molar-refractivity contribution < 1.29 is 19.3 Å². The van der Waals surface area contributed by atoms with E-state index in [2.05, 4.69) is 15.9 Å². The molecular weight excluding hydrogens is 396 g/mol. The van der Waals surface area contributed by atoms with E-state index in [0.717, 1.165) is 6.20 Å². The lowest BCUT2D eigenvalue weighted by Gasteiger charge is -2.13. The number of benzene rings is 2. The van der Waals surface area contributed by atoms with Gasteiger partial charge in [0.05, 0.1) is 21.4 Å². The van der Waals surface area contributed by atoms with Crippen LogP contribution in [0.2, 0.25) is 0 Å². The minimum absolute atomic E-state index is 0.0209. The number of halogens is 1. The Labute approximate surface area is 151 Å². The zero-order valence-electron chi connectivity index (χ0n) is 13.0. The van der Waals surface area contributed by atoms with Crippen molar-refractivity contribution in [2.75, 3.05) is 7.11 Å². The number of nitrogens with zero attached hydrogens (tertiary/aromatic N) is 2. The third-order valence-electron chi connectivity index (χ3n) is 3.15. The molecule has 0 aliphatic carbocycles. The maximum absolute atomic E-state index is 10.8. The smallest absolute Gasteiger partial charge is 0.269 e. The van der Waals surface area contributed by atoms with Gasteiger partial charge in [-0.05, 0) is 39.2 Å². The molecule has 0 aliphatic rings. The molecule has 0 saturated carbocycles. The molecule has 0 saturated heterocycles. The molecule has 9 heteroatoms. The van der Waals surface area contributed by atoms with Gasteiger partial charge in [-0.25, -0.2) is 0 Å². The number of non-ortho nitro benzene ring substituents is 1. The zero-order valence-corrected chi connectivity index (χ0v) is 14.6. The average molecular weight is 409 g/mol. The van der Waals surface area contributed by atoms with Crippen molar-refractivity contribution in [3.63, 3.8) is 0 Å². The largest absolute Gasteiger partial charge is 0.493 e. The lowest BCUT2D eigenvalue weighted by Crippen LogP contribution is -2.00. The summed E-state index contributed by atoms with van der Waals surface area (Å²) in [6.45, 7) is 0.0979. The van der Waals surface area contributed by atoms with Crippen molar-refractivity contribution in [3.8, 4) is 11.5 Å². The van der Waals surface area contributed by atoms with Crippen LogP contribution in [0, 0.1) is 20.2 Å². The summed E-state index contributed by atoms with van der Waals surface area (Å²) in [5.74, 6) is 0.773. The van der Waals surface area contributed by atoms with Gasteiger partial charge in [0.15, 0.2) is 11.5 Å². The van der Waals surface area contributed by atoms with Crippen LogP contribution < -0.4 is 9.47 Å². The molecule has 0 N–H and O–H groups in total. The van der Waals surface area contributed by atoms with E-state index in [0.29, 0.717) is 27.1 Å². The van der Waals surface area contributed by atoms with E-state index in [1.807, 2.05) is 0 Å². The Balaban J connectivity index is 2.23. The fourth-order valence-corrected chi connectivity index (χ4v) is 2.61. The van der Waals surface area contributed by atoms with Crippen molar-refractivity contribution in [2.45, 2.75) is 6.61 Å². The molecule has 0 fully saturated rings. The predicted molar refractivity (Wildman–Crippen MR) is 94.2 cm³/mol. The van der Waals surface area contributed by atoms with Gasteiger partial charge in [0.2, 0.25) is 6.20 Å². The van der Waals surface area contributed by atoms with Crippen molar-refractivity contribution in [3.05, 3.63) is 78.4 Å². The molecule has 0 aliphatic heterocycles. The molecule has 2 aromatic carbocycles. The van der Waals surface area contributed by atoms with Crippen molar-refractivity contribution in [1.29, 1.82) is 0 Å². The Hall–Kier alpha value is -2.94. The first kappa shape index (κ1) is 18.4. The molecule has 0 heterocycles. The quantitative estimate of drug-likeness (QED) is 0.502. The first-order valence-corrected chi connectivity index (χ1v) is 7.75. The first-order chi connectivity index (χ1) is 11.9. The number of hydrogen-bond acceptors (Lipinski definition) is 6. The number of nitro benzene ring substituents is 1. The number of nitro groups is 2. The van der Waals surface area contributed by atoms with Gasteiger partial charge in [-0.15, -0.1) is 0 Å². The van der Waals surface area contributed by atoms with Gasteiger partial charge >= 0.3 is 0 Å². The van der Waals surface area contributed by atoms with Gasteiger partial charge in [0.1, 0.15) is 6.61 Å². The lowest BCUT2D eigenvalue weighted by atomic mass is 10.2. The van der Waals surface area contributed by atoms with Gasteiger partial charge in [-0.1, -0.05) is 12.1 Å². The van der Waals surface area contributed by atoms with Gasteiger partial charge < -0.3 is 9.47 Å². The molecule has 0 amide bonds. The predicted octanol–water partition coefficient (Wildman–Crippen LogP) is 4.19. The van der Waals surface area contributed by atoms with E-state index in [9.17, 15) is 20.2 Å². The minimum Gasteiger partial charge on any atom is -0.493 e. The topological polar surface area (TPSA) is 105 Å². The highest BCUT2D eigenvalue weighted by Crippen LogP contribution is 2.37. The normalized spacial score (nSPS) is 10.6. The molecule has 0 bridgehead atoms. The molecule has 25 heavy (non-hydrogen) atoms. The van der Waals surface area contributed by atoms with Crippen LogP contribution >= 0.6 is 15.9 Å². The second-order valence-corrected chi connectivity index (χ2v) is 5.71. The summed E-state index contributed by atoms with van der Waals surface area (Å²) < 4.78 is 11.5. The third-order valence-corrected chi connectivity index (χ3v) is 3.73. The number of rotatable bonds is 7. The van der Waals surface area contributed by atoms with E-state index in [-0.39, 0.29) is 12.3 Å². The maximum Gasteiger partial charge on any atom is 0.269 e. The molecule has 0 spiro atoms. The van der Waals surface area contributed by atoms with Crippen LogP contribution in [0.5, 0.6) is 11.5 Å². The van der Waals surface area contributed by atoms with Crippen LogP contribution in [0.1, 0.15) is 11.1 Å². The first-order valence-electron chi connectivity index (χ1n) is 6.96. The summed E-state index contributed by atoms with van der Waals surface area (Å²) in [7, 11) is 1.45. The van der Waals surface area contributed by atoms with Crippen LogP contribution in [0.15, 0.2) is 47.1 Å². The highest BCUT2D eigenvalue weighted by Gasteiger charge is 2.13. The molecule has 0 aromatic heterocycles. The van der Waals surface area contributed by atoms with Gasteiger partial charge in [0, 0.05) is 18.2 Å². The molecule has 130 valence electrons. The van der Waals surface area contributed by atoms with Crippen molar-refractivity contribution in [2.24, 2.45) is 0 Å². The van der Waals surface area contributed by atoms with E-state index in [4.69, 9.17) is 9.47 Å². The minimum atomic E-state index is -0.562. The summed E-state index contributed by atoms with van der Waals surface area (Å²) in [5, 5.41) is 21.2. The second-order valence-electron chi connectivity index (χ2n) is 4.85. The van der Waals surface area contributed by atoms with Gasteiger partial charge in [0.25, 0.3) is 5.69 Å². The summed E-state index contributed by atoms with van der Waals surface area (Å²) >= 11 is 3.34. The third kappa shape index (κ3) is 5.01. The van der Waals surface area contributed by atoms with Gasteiger partial charge in [-0.3, -0.25) is 20.2 Å². The number of hydrogen-bond donors (Lipinski definition) is 0. The highest BCUT2D eigenvalue weighted by molar-refractivity contribution is 9.10. The Morgan fingerprint density at radius 1 is 1.20 bits per heavy atom. The van der Waals surface area contributed by atoms with E-state index in [1.165, 1.54) is 25.3 Å². The zero-order chi connectivity index (χ0) is 18.4. The van der Waals surface area contributed by atoms with Crippen LogP contribution in [0.3, 0.4) is 0 Å². The lowest BCUT2D eigenvalue weighted by molar-refractivity contribution is -0.400. The Kier molecular flexibility index (Phi) is 6.07. The van der Waals surface area contributed by atoms with Gasteiger partial charge in [-0.2, -0.15) is 0 Å². The second kappa shape index (κ2) is 8.25. The average Bonchev–Trinajstić information content (AvgIpc) is 2.58. The van der Waals surface area contributed by atoms with E-state index >= 15 is 0 Å². The molecule has 0 unspecified atom stereocenters. The summed E-state index contributed by atoms with van der Waals surface area (Å²) in [6, 6.07) is 9.35. The fourth-order valence-electron chi connectivity index (χ4n) is 2.04. The Morgan fingerprint density at radius 3 is 2.60 bits per heavy atom. The van der Waals surface area contributed by atoms with E-state index in [1.54, 1.807) is 24.3 Å². The standard InChI is InChI=1S/C16H13BrN2O6/c1-24-15-9-11(5-6-18(20)21)8-14(17)16(15)25-10-12-3-2-4-13(7-12)19(22)23/h2-9H,10H2,1H3/b6-5+. The Bertz CT molecular complexity index is 837. The number of methoxy groups -OCH3 is 1. The van der Waals surface area contributed by atoms with Crippen LogP contribution in [0.25, 0.3) is 6.08 Å². The SMILES string of the molecule is COc1cc(/C=C/[N+](=O)[O-])cc(Br)c1OCc1cccc([N+](=O)[O-])c1. The molecule has 2 rings (SSSR count). The van der Waals surface area contributed by atoms with Crippen LogP contribution in [-0.4, -0.2) is 17.0 Å². The van der Waals surface area contributed by atoms with Crippen molar-refractivity contribution in [1.82, 2.24) is 0 Å². The van der Waals surface area contributed by atoms with Crippen LogP contribution in [-0.2, 0) is 6.61 Å². The fraction of sp³-hybridized carbons (Fsp3) is 0.125.